The zero-order valence-corrected chi connectivity index (χ0v) is 18.6. The van der Waals surface area contributed by atoms with Gasteiger partial charge in [0, 0.05) is 29.9 Å². The molecule has 4 rings (SSSR count). The fraction of sp³-hybridized carbons (Fsp3) is 0.160. The van der Waals surface area contributed by atoms with Gasteiger partial charge in [-0.05, 0) is 60.7 Å². The Labute approximate surface area is 196 Å². The van der Waals surface area contributed by atoms with Crippen LogP contribution in [-0.4, -0.2) is 31.4 Å². The van der Waals surface area contributed by atoms with Gasteiger partial charge in [-0.2, -0.15) is 0 Å². The quantitative estimate of drug-likeness (QED) is 0.559. The smallest absolute Gasteiger partial charge is 0.255 e. The van der Waals surface area contributed by atoms with Gasteiger partial charge in [0.2, 0.25) is 11.8 Å². The molecule has 1 saturated heterocycles. The highest BCUT2D eigenvalue weighted by Gasteiger charge is 2.35. The fourth-order valence-corrected chi connectivity index (χ4v) is 3.85. The number of methoxy groups -OCH3 is 1. The summed E-state index contributed by atoms with van der Waals surface area (Å²) in [5, 5.41) is 6.10. The van der Waals surface area contributed by atoms with Crippen molar-refractivity contribution in [3.8, 4) is 5.75 Å². The average Bonchev–Trinajstić information content (AvgIpc) is 3.22. The van der Waals surface area contributed by atoms with E-state index in [1.54, 1.807) is 84.8 Å². The van der Waals surface area contributed by atoms with Crippen LogP contribution in [0.15, 0.2) is 72.8 Å². The van der Waals surface area contributed by atoms with Gasteiger partial charge < -0.3 is 20.3 Å². The van der Waals surface area contributed by atoms with E-state index < -0.39 is 5.92 Å². The number of para-hydroxylation sites is 1. The largest absolute Gasteiger partial charge is 0.497 e. The lowest BCUT2D eigenvalue weighted by atomic mass is 10.1. The first-order chi connectivity index (χ1) is 15.9. The molecule has 33 heavy (non-hydrogen) atoms. The van der Waals surface area contributed by atoms with Crippen molar-refractivity contribution in [2.75, 3.05) is 29.2 Å². The number of carbonyl (C=O) groups excluding carboxylic acids is 3. The standard InChI is InChI=1S/C25H22ClN3O4/c1-33-20-12-10-19(11-13-20)27-24(31)16-6-8-18(9-7-16)28-25(32)17-14-23(30)29(15-17)22-5-3-2-4-21(22)26/h2-13,17H,14-15H2,1H3,(H,27,31)(H,28,32). The Bertz CT molecular complexity index is 1180. The van der Waals surface area contributed by atoms with Crippen molar-refractivity contribution in [3.63, 3.8) is 0 Å². The normalized spacial score (nSPS) is 15.3. The lowest BCUT2D eigenvalue weighted by Crippen LogP contribution is -2.28. The van der Waals surface area contributed by atoms with Crippen LogP contribution in [0.5, 0.6) is 5.75 Å². The van der Waals surface area contributed by atoms with Crippen molar-refractivity contribution in [1.29, 1.82) is 0 Å². The third kappa shape index (κ3) is 5.15. The van der Waals surface area contributed by atoms with E-state index in [9.17, 15) is 14.4 Å². The van der Waals surface area contributed by atoms with E-state index >= 15 is 0 Å². The number of halogens is 1. The predicted octanol–water partition coefficient (Wildman–Crippen LogP) is 4.59. The minimum atomic E-state index is -0.494. The Hall–Kier alpha value is -3.84. The minimum Gasteiger partial charge on any atom is -0.497 e. The van der Waals surface area contributed by atoms with E-state index in [0.717, 1.165) is 0 Å². The van der Waals surface area contributed by atoms with E-state index in [1.165, 1.54) is 0 Å². The SMILES string of the molecule is COc1ccc(NC(=O)c2ccc(NC(=O)C3CC(=O)N(c4ccccc4Cl)C3)cc2)cc1. The molecule has 1 aliphatic rings. The van der Waals surface area contributed by atoms with Crippen LogP contribution in [-0.2, 0) is 9.59 Å². The molecule has 1 atom stereocenters. The van der Waals surface area contributed by atoms with Crippen LogP contribution in [0.3, 0.4) is 0 Å². The fourth-order valence-electron chi connectivity index (χ4n) is 3.61. The van der Waals surface area contributed by atoms with Crippen molar-refractivity contribution < 1.29 is 19.1 Å². The lowest BCUT2D eigenvalue weighted by molar-refractivity contribution is -0.122. The third-order valence-corrected chi connectivity index (χ3v) is 5.72. The number of anilines is 3. The molecule has 1 aliphatic heterocycles. The summed E-state index contributed by atoms with van der Waals surface area (Å²) in [5.41, 5.74) is 2.24. The number of benzene rings is 3. The average molecular weight is 464 g/mol. The zero-order chi connectivity index (χ0) is 23.4. The van der Waals surface area contributed by atoms with Gasteiger partial charge in [0.15, 0.2) is 0 Å². The molecule has 7 nitrogen and oxygen atoms in total. The van der Waals surface area contributed by atoms with Gasteiger partial charge >= 0.3 is 0 Å². The maximum absolute atomic E-state index is 12.7. The van der Waals surface area contributed by atoms with Crippen LogP contribution in [0.25, 0.3) is 0 Å². The Morgan fingerprint density at radius 2 is 1.58 bits per heavy atom. The number of nitrogens with zero attached hydrogens (tertiary/aromatic N) is 1. The van der Waals surface area contributed by atoms with Gasteiger partial charge in [0.05, 0.1) is 23.7 Å². The highest BCUT2D eigenvalue weighted by molar-refractivity contribution is 6.34. The van der Waals surface area contributed by atoms with Crippen LogP contribution < -0.4 is 20.3 Å². The number of ether oxygens (including phenoxy) is 1. The molecule has 0 radical (unpaired) electrons. The van der Waals surface area contributed by atoms with Crippen LogP contribution in [0.1, 0.15) is 16.8 Å². The third-order valence-electron chi connectivity index (χ3n) is 5.40. The molecule has 168 valence electrons. The second-order valence-corrected chi connectivity index (χ2v) is 8.01. The van der Waals surface area contributed by atoms with Crippen LogP contribution >= 0.6 is 11.6 Å². The van der Waals surface area contributed by atoms with E-state index in [-0.39, 0.29) is 30.7 Å². The summed E-state index contributed by atoms with van der Waals surface area (Å²) in [6, 6.07) is 20.7. The van der Waals surface area contributed by atoms with E-state index in [0.29, 0.717) is 33.4 Å². The first-order valence-electron chi connectivity index (χ1n) is 10.4. The highest BCUT2D eigenvalue weighted by Crippen LogP contribution is 2.31. The van der Waals surface area contributed by atoms with Gasteiger partial charge in [-0.1, -0.05) is 23.7 Å². The second-order valence-electron chi connectivity index (χ2n) is 7.61. The summed E-state index contributed by atoms with van der Waals surface area (Å²) < 4.78 is 5.11. The van der Waals surface area contributed by atoms with Gasteiger partial charge in [-0.15, -0.1) is 0 Å². The maximum atomic E-state index is 12.7. The van der Waals surface area contributed by atoms with Crippen LogP contribution in [0, 0.1) is 5.92 Å². The zero-order valence-electron chi connectivity index (χ0n) is 17.9. The Morgan fingerprint density at radius 3 is 2.24 bits per heavy atom. The number of hydrogen-bond acceptors (Lipinski definition) is 4. The van der Waals surface area contributed by atoms with Crippen molar-refractivity contribution in [3.05, 3.63) is 83.4 Å². The maximum Gasteiger partial charge on any atom is 0.255 e. The van der Waals surface area contributed by atoms with E-state index in [2.05, 4.69) is 10.6 Å². The number of rotatable bonds is 6. The highest BCUT2D eigenvalue weighted by atomic mass is 35.5. The molecule has 1 heterocycles. The summed E-state index contributed by atoms with van der Waals surface area (Å²) in [7, 11) is 1.58. The molecule has 3 amide bonds. The first kappa shape index (κ1) is 22.4. The molecule has 0 bridgehead atoms. The van der Waals surface area contributed by atoms with Crippen molar-refractivity contribution >= 4 is 46.4 Å². The Kier molecular flexibility index (Phi) is 6.60. The summed E-state index contributed by atoms with van der Waals surface area (Å²) in [5.74, 6) is -0.462. The van der Waals surface area contributed by atoms with Gasteiger partial charge in [0.25, 0.3) is 5.91 Å². The number of carbonyl (C=O) groups is 3. The van der Waals surface area contributed by atoms with Crippen molar-refractivity contribution in [2.45, 2.75) is 6.42 Å². The number of amides is 3. The summed E-state index contributed by atoms with van der Waals surface area (Å²) in [6.45, 7) is 0.261. The van der Waals surface area contributed by atoms with Crippen molar-refractivity contribution in [2.24, 2.45) is 5.92 Å². The number of hydrogen-bond donors (Lipinski definition) is 2. The molecule has 1 unspecified atom stereocenters. The predicted molar refractivity (Wildman–Crippen MR) is 128 cm³/mol. The van der Waals surface area contributed by atoms with E-state index in [1.807, 2.05) is 0 Å². The second kappa shape index (κ2) is 9.75. The van der Waals surface area contributed by atoms with Gasteiger partial charge in [-0.25, -0.2) is 0 Å². The molecule has 0 spiro atoms. The van der Waals surface area contributed by atoms with Crippen LogP contribution in [0.2, 0.25) is 5.02 Å². The Morgan fingerprint density at radius 1 is 0.939 bits per heavy atom. The molecule has 0 aliphatic carbocycles. The first-order valence-corrected chi connectivity index (χ1v) is 10.7. The molecule has 3 aromatic rings. The minimum absolute atomic E-state index is 0.111. The van der Waals surface area contributed by atoms with Gasteiger partial charge in [0.1, 0.15) is 5.75 Å². The number of nitrogens with one attached hydrogen (secondary N) is 2. The Balaban J connectivity index is 1.35. The topological polar surface area (TPSA) is 87.7 Å². The molecular weight excluding hydrogens is 442 g/mol. The van der Waals surface area contributed by atoms with Crippen LogP contribution in [0.4, 0.5) is 17.1 Å². The summed E-state index contributed by atoms with van der Waals surface area (Å²) in [6.07, 6.45) is 0.111. The molecule has 0 saturated carbocycles. The summed E-state index contributed by atoms with van der Waals surface area (Å²) in [4.78, 5) is 39.2. The molecule has 2 N–H and O–H groups in total. The molecule has 1 fully saturated rings. The lowest BCUT2D eigenvalue weighted by Gasteiger charge is -2.18. The molecule has 3 aromatic carbocycles. The van der Waals surface area contributed by atoms with E-state index in [4.69, 9.17) is 16.3 Å². The molecule has 0 aromatic heterocycles. The molecular formula is C25H22ClN3O4. The summed E-state index contributed by atoms with van der Waals surface area (Å²) >= 11 is 6.20. The van der Waals surface area contributed by atoms with Crippen molar-refractivity contribution in [1.82, 2.24) is 0 Å². The van der Waals surface area contributed by atoms with Gasteiger partial charge in [-0.3, -0.25) is 14.4 Å². The monoisotopic (exact) mass is 463 g/mol. The molecule has 8 heteroatoms.